The average Bonchev–Trinajstić information content (AvgIpc) is 2.32. The maximum Gasteiger partial charge on any atom is 0.509 e. The SMILES string of the molecule is CC1=CCC(C)(OC(=O)OCCOCC(C)C)C=C1. The monoisotopic (exact) mass is 268 g/mol. The van der Waals surface area contributed by atoms with Crippen LogP contribution in [-0.4, -0.2) is 31.6 Å². The second kappa shape index (κ2) is 7.34. The number of ether oxygens (including phenoxy) is 3. The molecule has 4 nitrogen and oxygen atoms in total. The van der Waals surface area contributed by atoms with Crippen molar-refractivity contribution in [1.82, 2.24) is 0 Å². The van der Waals surface area contributed by atoms with E-state index in [1.165, 1.54) is 5.57 Å². The Balaban J connectivity index is 2.19. The van der Waals surface area contributed by atoms with Gasteiger partial charge in [-0.3, -0.25) is 0 Å². The third-order valence-electron chi connectivity index (χ3n) is 2.74. The summed E-state index contributed by atoms with van der Waals surface area (Å²) in [6.45, 7) is 9.31. The standard InChI is InChI=1S/C15H24O4/c1-12(2)11-17-9-10-18-14(16)19-15(4)7-5-13(3)6-8-15/h5-7,12H,8-11H2,1-4H3. The summed E-state index contributed by atoms with van der Waals surface area (Å²) in [6.07, 6.45) is 5.91. The van der Waals surface area contributed by atoms with E-state index >= 15 is 0 Å². The summed E-state index contributed by atoms with van der Waals surface area (Å²) in [6, 6.07) is 0. The molecule has 0 saturated carbocycles. The van der Waals surface area contributed by atoms with Crippen molar-refractivity contribution in [3.8, 4) is 0 Å². The van der Waals surface area contributed by atoms with Crippen molar-refractivity contribution in [2.24, 2.45) is 5.92 Å². The number of hydrogen-bond donors (Lipinski definition) is 0. The van der Waals surface area contributed by atoms with Crippen LogP contribution in [0.15, 0.2) is 23.8 Å². The summed E-state index contributed by atoms with van der Waals surface area (Å²) in [7, 11) is 0. The molecule has 1 aliphatic rings. The molecule has 0 radical (unpaired) electrons. The predicted molar refractivity (Wildman–Crippen MR) is 74.0 cm³/mol. The molecule has 0 fully saturated rings. The van der Waals surface area contributed by atoms with Gasteiger partial charge in [0.1, 0.15) is 12.2 Å². The Morgan fingerprint density at radius 1 is 1.42 bits per heavy atom. The fourth-order valence-corrected chi connectivity index (χ4v) is 1.61. The van der Waals surface area contributed by atoms with Gasteiger partial charge in [0, 0.05) is 13.0 Å². The third kappa shape index (κ3) is 6.43. The zero-order chi connectivity index (χ0) is 14.3. The Kier molecular flexibility index (Phi) is 6.09. The first-order valence-electron chi connectivity index (χ1n) is 6.71. The van der Waals surface area contributed by atoms with Crippen molar-refractivity contribution in [2.45, 2.75) is 39.7 Å². The molecule has 0 aromatic rings. The molecular formula is C15H24O4. The zero-order valence-corrected chi connectivity index (χ0v) is 12.3. The lowest BCUT2D eigenvalue weighted by molar-refractivity contribution is -0.0159. The Hall–Kier alpha value is -1.29. The normalized spacial score (nSPS) is 22.3. The molecule has 108 valence electrons. The van der Waals surface area contributed by atoms with Crippen LogP contribution in [0.3, 0.4) is 0 Å². The largest absolute Gasteiger partial charge is 0.509 e. The third-order valence-corrected chi connectivity index (χ3v) is 2.74. The summed E-state index contributed by atoms with van der Waals surface area (Å²) in [5.41, 5.74) is 0.576. The first-order valence-corrected chi connectivity index (χ1v) is 6.71. The van der Waals surface area contributed by atoms with Gasteiger partial charge >= 0.3 is 6.16 Å². The molecular weight excluding hydrogens is 244 g/mol. The number of hydrogen-bond acceptors (Lipinski definition) is 4. The Labute approximate surface area is 115 Å². The van der Waals surface area contributed by atoms with Crippen LogP contribution in [0.2, 0.25) is 0 Å². The highest BCUT2D eigenvalue weighted by atomic mass is 16.7. The summed E-state index contributed by atoms with van der Waals surface area (Å²) in [5.74, 6) is 0.480. The summed E-state index contributed by atoms with van der Waals surface area (Å²) in [5, 5.41) is 0. The van der Waals surface area contributed by atoms with Crippen LogP contribution in [-0.2, 0) is 14.2 Å². The number of allylic oxidation sites excluding steroid dienone is 2. The highest BCUT2D eigenvalue weighted by molar-refractivity contribution is 5.61. The van der Waals surface area contributed by atoms with Crippen molar-refractivity contribution in [3.63, 3.8) is 0 Å². The molecule has 0 heterocycles. The minimum absolute atomic E-state index is 0.222. The summed E-state index contributed by atoms with van der Waals surface area (Å²) in [4.78, 5) is 11.5. The van der Waals surface area contributed by atoms with Crippen molar-refractivity contribution in [3.05, 3.63) is 23.8 Å². The molecule has 1 rings (SSSR count). The van der Waals surface area contributed by atoms with E-state index in [-0.39, 0.29) is 6.61 Å². The van der Waals surface area contributed by atoms with Crippen LogP contribution >= 0.6 is 0 Å². The fourth-order valence-electron chi connectivity index (χ4n) is 1.61. The van der Waals surface area contributed by atoms with Crippen LogP contribution < -0.4 is 0 Å². The number of carbonyl (C=O) groups is 1. The van der Waals surface area contributed by atoms with Crippen LogP contribution in [0.5, 0.6) is 0 Å². The van der Waals surface area contributed by atoms with Crippen molar-refractivity contribution >= 4 is 6.16 Å². The molecule has 0 amide bonds. The Morgan fingerprint density at radius 3 is 2.74 bits per heavy atom. The van der Waals surface area contributed by atoms with E-state index in [2.05, 4.69) is 13.8 Å². The smallest absolute Gasteiger partial charge is 0.432 e. The first-order chi connectivity index (χ1) is 8.91. The van der Waals surface area contributed by atoms with Gasteiger partial charge in [-0.05, 0) is 25.8 Å². The molecule has 0 aromatic carbocycles. The quantitative estimate of drug-likeness (QED) is 0.546. The second-order valence-electron chi connectivity index (χ2n) is 5.47. The molecule has 19 heavy (non-hydrogen) atoms. The fraction of sp³-hybridized carbons (Fsp3) is 0.667. The van der Waals surface area contributed by atoms with Crippen molar-refractivity contribution in [1.29, 1.82) is 0 Å². The van der Waals surface area contributed by atoms with Gasteiger partial charge in [0.25, 0.3) is 0 Å². The number of carbonyl (C=O) groups excluding carboxylic acids is 1. The van der Waals surface area contributed by atoms with E-state index in [9.17, 15) is 4.79 Å². The predicted octanol–water partition coefficient (Wildman–Crippen LogP) is 3.48. The van der Waals surface area contributed by atoms with Gasteiger partial charge in [-0.25, -0.2) is 4.79 Å². The van der Waals surface area contributed by atoms with Crippen LogP contribution in [0.4, 0.5) is 4.79 Å². The average molecular weight is 268 g/mol. The van der Waals surface area contributed by atoms with Gasteiger partial charge < -0.3 is 14.2 Å². The van der Waals surface area contributed by atoms with Crippen molar-refractivity contribution < 1.29 is 19.0 Å². The summed E-state index contributed by atoms with van der Waals surface area (Å²) < 4.78 is 15.6. The molecule has 0 aromatic heterocycles. The lowest BCUT2D eigenvalue weighted by atomic mass is 9.94. The van der Waals surface area contributed by atoms with Gasteiger partial charge in [-0.2, -0.15) is 0 Å². The van der Waals surface area contributed by atoms with Gasteiger partial charge in [0.2, 0.25) is 0 Å². The molecule has 0 N–H and O–H groups in total. The molecule has 0 spiro atoms. The van der Waals surface area contributed by atoms with E-state index in [1.54, 1.807) is 0 Å². The highest BCUT2D eigenvalue weighted by Gasteiger charge is 2.27. The molecule has 1 atom stereocenters. The maximum absolute atomic E-state index is 11.5. The Morgan fingerprint density at radius 2 is 2.16 bits per heavy atom. The van der Waals surface area contributed by atoms with Gasteiger partial charge in [-0.15, -0.1) is 0 Å². The van der Waals surface area contributed by atoms with E-state index in [1.807, 2.05) is 32.1 Å². The molecule has 1 aliphatic carbocycles. The second-order valence-corrected chi connectivity index (χ2v) is 5.47. The lowest BCUT2D eigenvalue weighted by Crippen LogP contribution is -2.31. The number of rotatable bonds is 6. The molecule has 1 unspecified atom stereocenters. The minimum Gasteiger partial charge on any atom is -0.432 e. The maximum atomic E-state index is 11.5. The topological polar surface area (TPSA) is 44.8 Å². The molecule has 0 bridgehead atoms. The van der Waals surface area contributed by atoms with Gasteiger partial charge in [0.05, 0.1) is 6.61 Å². The van der Waals surface area contributed by atoms with E-state index in [0.29, 0.717) is 25.6 Å². The summed E-state index contributed by atoms with van der Waals surface area (Å²) >= 11 is 0. The minimum atomic E-state index is -0.645. The molecule has 0 saturated heterocycles. The molecule has 4 heteroatoms. The van der Waals surface area contributed by atoms with E-state index < -0.39 is 11.8 Å². The zero-order valence-electron chi connectivity index (χ0n) is 12.3. The van der Waals surface area contributed by atoms with E-state index in [0.717, 1.165) is 0 Å². The van der Waals surface area contributed by atoms with Crippen LogP contribution in [0, 0.1) is 5.92 Å². The van der Waals surface area contributed by atoms with Crippen molar-refractivity contribution in [2.75, 3.05) is 19.8 Å². The highest BCUT2D eigenvalue weighted by Crippen LogP contribution is 2.24. The van der Waals surface area contributed by atoms with E-state index in [4.69, 9.17) is 14.2 Å². The first kappa shape index (κ1) is 15.8. The Bertz CT molecular complexity index is 357. The van der Waals surface area contributed by atoms with Gasteiger partial charge in [0.15, 0.2) is 0 Å². The molecule has 0 aliphatic heterocycles. The lowest BCUT2D eigenvalue weighted by Gasteiger charge is -2.26. The van der Waals surface area contributed by atoms with Crippen LogP contribution in [0.1, 0.15) is 34.1 Å². The van der Waals surface area contributed by atoms with Gasteiger partial charge in [-0.1, -0.05) is 31.6 Å². The van der Waals surface area contributed by atoms with Crippen LogP contribution in [0.25, 0.3) is 0 Å².